The molecule has 2 N–H and O–H groups in total. The Morgan fingerprint density at radius 3 is 2.69 bits per heavy atom. The van der Waals surface area contributed by atoms with E-state index in [1.807, 2.05) is 31.1 Å². The van der Waals surface area contributed by atoms with Crippen LogP contribution >= 0.6 is 0 Å². The second kappa shape index (κ2) is 11.2. The van der Waals surface area contributed by atoms with E-state index in [-0.39, 0.29) is 24.9 Å². The molecule has 11 heteroatoms. The van der Waals surface area contributed by atoms with Gasteiger partial charge in [-0.2, -0.15) is 5.10 Å². The topological polar surface area (TPSA) is 131 Å². The summed E-state index contributed by atoms with van der Waals surface area (Å²) in [5.41, 5.74) is 1.75. The van der Waals surface area contributed by atoms with Crippen molar-refractivity contribution in [3.63, 3.8) is 0 Å². The summed E-state index contributed by atoms with van der Waals surface area (Å²) < 4.78 is 17.9. The molecule has 0 aliphatic carbocycles. The van der Waals surface area contributed by atoms with Gasteiger partial charge < -0.3 is 29.3 Å². The molecule has 0 aromatic carbocycles. The van der Waals surface area contributed by atoms with Crippen LogP contribution < -0.4 is 0 Å². The van der Waals surface area contributed by atoms with Crippen molar-refractivity contribution >= 4 is 23.8 Å². The lowest BCUT2D eigenvalue weighted by molar-refractivity contribution is -0.127. The Balaban J connectivity index is 0.000000654. The Bertz CT molecular complexity index is 900. The molecule has 3 heterocycles. The van der Waals surface area contributed by atoms with Gasteiger partial charge in [0.1, 0.15) is 24.6 Å². The van der Waals surface area contributed by atoms with E-state index in [9.17, 15) is 4.79 Å². The van der Waals surface area contributed by atoms with Gasteiger partial charge in [-0.1, -0.05) is 0 Å². The van der Waals surface area contributed by atoms with Crippen LogP contribution in [0.2, 0.25) is 0 Å². The van der Waals surface area contributed by atoms with Crippen LogP contribution in [0.4, 0.5) is 10.6 Å². The number of fused-ring (bicyclic) bond motifs is 1. The van der Waals surface area contributed by atoms with Gasteiger partial charge in [0, 0.05) is 14.1 Å². The van der Waals surface area contributed by atoms with Crippen LogP contribution in [-0.4, -0.2) is 80.9 Å². The van der Waals surface area contributed by atoms with Crippen LogP contribution in [0, 0.1) is 0 Å². The van der Waals surface area contributed by atoms with E-state index in [1.165, 1.54) is 20.2 Å². The lowest BCUT2D eigenvalue weighted by Crippen LogP contribution is -2.21. The maximum absolute atomic E-state index is 11.5. The largest absolute Gasteiger partial charge is 0.508 e. The summed E-state index contributed by atoms with van der Waals surface area (Å²) in [5, 5.41) is 20.5. The molecule has 0 bridgehead atoms. The minimum absolute atomic E-state index is 0.122. The maximum atomic E-state index is 11.5. The van der Waals surface area contributed by atoms with Gasteiger partial charge in [-0.05, 0) is 52.7 Å². The van der Waals surface area contributed by atoms with Crippen molar-refractivity contribution in [3.8, 4) is 0 Å². The van der Waals surface area contributed by atoms with Gasteiger partial charge in [-0.15, -0.1) is 0 Å². The van der Waals surface area contributed by atoms with E-state index >= 15 is 0 Å². The van der Waals surface area contributed by atoms with Crippen LogP contribution in [0.15, 0.2) is 23.5 Å². The first-order valence-corrected chi connectivity index (χ1v) is 10.4. The van der Waals surface area contributed by atoms with Crippen molar-refractivity contribution in [2.24, 2.45) is 4.99 Å². The number of carbonyl (C=O) groups is 1. The summed E-state index contributed by atoms with van der Waals surface area (Å²) in [5.74, 6) is -0.903. The number of carbonyl (C=O) groups excluding carboxylic acids is 1. The minimum Gasteiger partial charge on any atom is -0.432 e. The van der Waals surface area contributed by atoms with Crippen LogP contribution in [0.1, 0.15) is 52.3 Å². The van der Waals surface area contributed by atoms with Crippen LogP contribution in [0.3, 0.4) is 0 Å². The molecule has 0 saturated carbocycles. The first-order valence-electron chi connectivity index (χ1n) is 10.4. The van der Waals surface area contributed by atoms with E-state index in [1.54, 1.807) is 24.7 Å². The molecule has 0 amide bonds. The smallest absolute Gasteiger partial charge is 0.432 e. The quantitative estimate of drug-likeness (QED) is 0.294. The predicted molar refractivity (Wildman–Crippen MR) is 118 cm³/mol. The first kappa shape index (κ1) is 25.5. The summed E-state index contributed by atoms with van der Waals surface area (Å²) in [6.45, 7) is 6.33. The van der Waals surface area contributed by atoms with Crippen molar-refractivity contribution in [1.29, 1.82) is 0 Å². The summed E-state index contributed by atoms with van der Waals surface area (Å²) in [7, 11) is 3.80. The Hall–Kier alpha value is -2.76. The molecule has 1 saturated heterocycles. The molecule has 2 aromatic heterocycles. The molecule has 0 spiro atoms. The fraction of sp³-hybridized carbons (Fsp3) is 0.619. The summed E-state index contributed by atoms with van der Waals surface area (Å²) >= 11 is 0. The number of rotatable bonds is 6. The number of hydrogen-bond donors (Lipinski definition) is 2. The second-order valence-corrected chi connectivity index (χ2v) is 8.39. The SMILES string of the molecule is CC(C)(O)O.CC(C)OC(=O)OCC1CCC(c2ccc3c(N=CN(C)C)ncnn23)O1. The summed E-state index contributed by atoms with van der Waals surface area (Å²) in [6, 6.07) is 3.91. The highest BCUT2D eigenvalue weighted by Gasteiger charge is 2.30. The highest BCUT2D eigenvalue weighted by atomic mass is 16.7. The highest BCUT2D eigenvalue weighted by molar-refractivity contribution is 5.70. The molecule has 178 valence electrons. The van der Waals surface area contributed by atoms with Crippen molar-refractivity contribution < 1.29 is 29.2 Å². The van der Waals surface area contributed by atoms with E-state index in [0.717, 1.165) is 24.1 Å². The minimum atomic E-state index is -1.50. The van der Waals surface area contributed by atoms with Crippen molar-refractivity contribution in [2.45, 2.75) is 64.6 Å². The molecule has 2 unspecified atom stereocenters. The maximum Gasteiger partial charge on any atom is 0.508 e. The molecule has 3 rings (SSSR count). The molecule has 1 aliphatic heterocycles. The van der Waals surface area contributed by atoms with Crippen molar-refractivity contribution in [1.82, 2.24) is 19.5 Å². The fourth-order valence-electron chi connectivity index (χ4n) is 2.89. The normalized spacial score (nSPS) is 18.7. The number of aromatic nitrogens is 3. The van der Waals surface area contributed by atoms with Gasteiger partial charge in [-0.25, -0.2) is 19.3 Å². The molecule has 11 nitrogen and oxygen atoms in total. The lowest BCUT2D eigenvalue weighted by Gasteiger charge is -2.14. The molecule has 1 aliphatic rings. The molecule has 1 fully saturated rings. The standard InChI is InChI=1S/C18H25N5O4.C3H8O2/c1-12(2)26-18(24)25-9-13-5-8-16(27-13)14-6-7-15-17(20-11-22(3)4)19-10-21-23(14)15;1-3(2,4)5/h6-7,10-13,16H,5,8-9H2,1-4H3;4-5H,1-2H3. The zero-order valence-corrected chi connectivity index (χ0v) is 19.4. The number of hydrogen-bond acceptors (Lipinski definition) is 9. The third-order valence-electron chi connectivity index (χ3n) is 4.03. The van der Waals surface area contributed by atoms with Crippen LogP contribution in [0.5, 0.6) is 0 Å². The number of aliphatic imine (C=N–C) groups is 1. The van der Waals surface area contributed by atoms with E-state index < -0.39 is 11.9 Å². The van der Waals surface area contributed by atoms with Gasteiger partial charge in [0.15, 0.2) is 11.6 Å². The third-order valence-corrected chi connectivity index (χ3v) is 4.03. The summed E-state index contributed by atoms with van der Waals surface area (Å²) in [6.07, 6.45) is 3.65. The Kier molecular flexibility index (Phi) is 8.93. The Morgan fingerprint density at radius 1 is 1.38 bits per heavy atom. The predicted octanol–water partition coefficient (Wildman–Crippen LogP) is 2.44. The van der Waals surface area contributed by atoms with Gasteiger partial charge in [-0.3, -0.25) is 0 Å². The zero-order valence-electron chi connectivity index (χ0n) is 19.4. The lowest BCUT2D eigenvalue weighted by atomic mass is 10.1. The molecule has 32 heavy (non-hydrogen) atoms. The number of aliphatic hydroxyl groups is 2. The zero-order chi connectivity index (χ0) is 23.9. The number of nitrogens with zero attached hydrogens (tertiary/aromatic N) is 5. The molecule has 0 radical (unpaired) electrons. The van der Waals surface area contributed by atoms with E-state index in [0.29, 0.717) is 5.82 Å². The third kappa shape index (κ3) is 8.40. The second-order valence-electron chi connectivity index (χ2n) is 8.39. The van der Waals surface area contributed by atoms with E-state index in [2.05, 4.69) is 15.1 Å². The summed E-state index contributed by atoms with van der Waals surface area (Å²) in [4.78, 5) is 22.0. The Labute approximate surface area is 187 Å². The van der Waals surface area contributed by atoms with Crippen molar-refractivity contribution in [3.05, 3.63) is 24.2 Å². The van der Waals surface area contributed by atoms with Crippen LogP contribution in [-0.2, 0) is 14.2 Å². The molecular formula is C21H33N5O6. The molecule has 2 atom stereocenters. The first-order chi connectivity index (χ1) is 14.9. The number of ether oxygens (including phenoxy) is 3. The monoisotopic (exact) mass is 451 g/mol. The van der Waals surface area contributed by atoms with Gasteiger partial charge in [0.25, 0.3) is 0 Å². The molecule has 2 aromatic rings. The van der Waals surface area contributed by atoms with E-state index in [4.69, 9.17) is 24.4 Å². The average Bonchev–Trinajstić information content (AvgIpc) is 3.29. The Morgan fingerprint density at radius 2 is 2.06 bits per heavy atom. The van der Waals surface area contributed by atoms with Gasteiger partial charge in [0.05, 0.1) is 24.2 Å². The highest BCUT2D eigenvalue weighted by Crippen LogP contribution is 2.34. The van der Waals surface area contributed by atoms with Crippen molar-refractivity contribution in [2.75, 3.05) is 20.7 Å². The van der Waals surface area contributed by atoms with Crippen LogP contribution in [0.25, 0.3) is 5.52 Å². The average molecular weight is 452 g/mol. The van der Waals surface area contributed by atoms with Gasteiger partial charge in [0.2, 0.25) is 0 Å². The van der Waals surface area contributed by atoms with Gasteiger partial charge >= 0.3 is 6.16 Å². The molecular weight excluding hydrogens is 418 g/mol. The fourth-order valence-corrected chi connectivity index (χ4v) is 2.89.